The van der Waals surface area contributed by atoms with Crippen molar-refractivity contribution in [3.8, 4) is 0 Å². The highest BCUT2D eigenvalue weighted by Crippen LogP contribution is 2.58. The molecule has 0 spiro atoms. The van der Waals surface area contributed by atoms with Crippen LogP contribution in [0.4, 0.5) is 0 Å². The topological polar surface area (TPSA) is 46.5 Å². The van der Waals surface area contributed by atoms with Gasteiger partial charge in [-0.15, -0.1) is 0 Å². The molecule has 1 fully saturated rings. The lowest BCUT2D eigenvalue weighted by molar-refractivity contribution is -0.173. The Labute approximate surface area is 141 Å². The smallest absolute Gasteiger partial charge is 0.309 e. The number of esters is 1. The van der Waals surface area contributed by atoms with Gasteiger partial charge in [0.1, 0.15) is 6.10 Å². The molecule has 2 aliphatic carbocycles. The van der Waals surface area contributed by atoms with E-state index in [1.807, 2.05) is 13.8 Å². The molecule has 132 valence electrons. The molecule has 2 aliphatic rings. The van der Waals surface area contributed by atoms with Crippen LogP contribution in [0, 0.1) is 23.2 Å². The van der Waals surface area contributed by atoms with E-state index in [2.05, 4.69) is 33.8 Å². The van der Waals surface area contributed by atoms with E-state index in [4.69, 9.17) is 4.74 Å². The second-order valence-corrected chi connectivity index (χ2v) is 8.41. The predicted molar refractivity (Wildman–Crippen MR) is 92.9 cm³/mol. The lowest BCUT2D eigenvalue weighted by Gasteiger charge is -2.46. The fraction of sp³-hybridized carbons (Fsp3) is 0.850. The van der Waals surface area contributed by atoms with Gasteiger partial charge in [0.05, 0.1) is 11.5 Å². The number of carbonyl (C=O) groups excluding carboxylic acids is 1. The Morgan fingerprint density at radius 3 is 2.61 bits per heavy atom. The van der Waals surface area contributed by atoms with Crippen molar-refractivity contribution in [3.05, 3.63) is 11.6 Å². The summed E-state index contributed by atoms with van der Waals surface area (Å²) in [6.07, 6.45) is 6.13. The standard InChI is InChI=1S/C20H34O3/c1-7-15(5)18(21)23-17-12-14(4)8-11-20(22)16(13(2)3)9-10-19(17,20)6/h12-13,15-17,22H,7-11H2,1-6H3. The van der Waals surface area contributed by atoms with Crippen LogP contribution in [-0.2, 0) is 9.53 Å². The zero-order chi connectivity index (χ0) is 17.4. The molecule has 0 heterocycles. The SMILES string of the molecule is CCC(C)C(=O)OC1C=C(C)CCC2(O)C(C(C)C)CCC12C. The monoisotopic (exact) mass is 322 g/mol. The van der Waals surface area contributed by atoms with Crippen LogP contribution in [0.3, 0.4) is 0 Å². The van der Waals surface area contributed by atoms with Crippen molar-refractivity contribution in [2.75, 3.05) is 0 Å². The van der Waals surface area contributed by atoms with Crippen LogP contribution in [0.5, 0.6) is 0 Å². The number of ether oxygens (including phenoxy) is 1. The first-order valence-corrected chi connectivity index (χ1v) is 9.26. The van der Waals surface area contributed by atoms with Crippen molar-refractivity contribution in [1.82, 2.24) is 0 Å². The van der Waals surface area contributed by atoms with Gasteiger partial charge in [0.25, 0.3) is 0 Å². The molecule has 0 aromatic rings. The summed E-state index contributed by atoms with van der Waals surface area (Å²) in [5.41, 5.74) is 0.0806. The van der Waals surface area contributed by atoms with Crippen LogP contribution < -0.4 is 0 Å². The molecular formula is C20H34O3. The first-order valence-electron chi connectivity index (χ1n) is 9.26. The fourth-order valence-electron chi connectivity index (χ4n) is 4.56. The van der Waals surface area contributed by atoms with Crippen LogP contribution in [0.1, 0.15) is 73.6 Å². The normalized spacial score (nSPS) is 38.7. The fourth-order valence-corrected chi connectivity index (χ4v) is 4.56. The summed E-state index contributed by atoms with van der Waals surface area (Å²) in [4.78, 5) is 12.4. The highest BCUT2D eigenvalue weighted by atomic mass is 16.5. The van der Waals surface area contributed by atoms with Crippen molar-refractivity contribution in [3.63, 3.8) is 0 Å². The minimum atomic E-state index is -0.754. The Kier molecular flexibility index (Phi) is 5.30. The molecule has 0 radical (unpaired) electrons. The molecule has 0 aromatic heterocycles. The van der Waals surface area contributed by atoms with Crippen LogP contribution in [0.15, 0.2) is 11.6 Å². The second-order valence-electron chi connectivity index (χ2n) is 8.41. The van der Waals surface area contributed by atoms with E-state index in [1.165, 1.54) is 5.57 Å². The molecule has 1 N–H and O–H groups in total. The zero-order valence-electron chi connectivity index (χ0n) is 15.7. The van der Waals surface area contributed by atoms with Crippen molar-refractivity contribution in [2.45, 2.75) is 85.4 Å². The molecule has 5 unspecified atom stereocenters. The number of rotatable bonds is 4. The zero-order valence-corrected chi connectivity index (χ0v) is 15.7. The van der Waals surface area contributed by atoms with Gasteiger partial charge in [-0.1, -0.05) is 40.2 Å². The molecule has 2 rings (SSSR count). The second kappa shape index (κ2) is 6.58. The number of carbonyl (C=O) groups is 1. The molecule has 0 saturated heterocycles. The predicted octanol–water partition coefficient (Wildman–Crippen LogP) is 4.49. The number of fused-ring (bicyclic) bond motifs is 1. The van der Waals surface area contributed by atoms with Crippen LogP contribution >= 0.6 is 0 Å². The largest absolute Gasteiger partial charge is 0.457 e. The Morgan fingerprint density at radius 1 is 1.39 bits per heavy atom. The van der Waals surface area contributed by atoms with Gasteiger partial charge in [-0.3, -0.25) is 4.79 Å². The van der Waals surface area contributed by atoms with E-state index < -0.39 is 5.60 Å². The molecule has 3 heteroatoms. The van der Waals surface area contributed by atoms with Gasteiger partial charge in [-0.2, -0.15) is 0 Å². The Hall–Kier alpha value is -0.830. The summed E-state index contributed by atoms with van der Waals surface area (Å²) >= 11 is 0. The molecule has 5 atom stereocenters. The van der Waals surface area contributed by atoms with Crippen LogP contribution in [-0.4, -0.2) is 22.8 Å². The van der Waals surface area contributed by atoms with Crippen molar-refractivity contribution in [1.29, 1.82) is 0 Å². The molecule has 1 saturated carbocycles. The molecule has 0 aliphatic heterocycles. The molecule has 23 heavy (non-hydrogen) atoms. The third kappa shape index (κ3) is 3.09. The number of allylic oxidation sites excluding steroid dienone is 1. The summed E-state index contributed by atoms with van der Waals surface area (Å²) in [5.74, 6) is 0.480. The molecule has 0 aromatic carbocycles. The highest BCUT2D eigenvalue weighted by Gasteiger charge is 2.61. The van der Waals surface area contributed by atoms with Gasteiger partial charge in [0.15, 0.2) is 0 Å². The first-order chi connectivity index (χ1) is 10.7. The maximum atomic E-state index is 12.4. The summed E-state index contributed by atoms with van der Waals surface area (Å²) in [6.45, 7) is 12.5. The summed E-state index contributed by atoms with van der Waals surface area (Å²) in [6, 6.07) is 0. The molecule has 3 nitrogen and oxygen atoms in total. The lowest BCUT2D eigenvalue weighted by atomic mass is 9.66. The molecule has 0 amide bonds. The highest BCUT2D eigenvalue weighted by molar-refractivity contribution is 5.72. The minimum absolute atomic E-state index is 0.0917. The maximum absolute atomic E-state index is 12.4. The third-order valence-corrected chi connectivity index (χ3v) is 6.60. The quantitative estimate of drug-likeness (QED) is 0.613. The van der Waals surface area contributed by atoms with E-state index in [-0.39, 0.29) is 29.3 Å². The Morgan fingerprint density at radius 2 is 2.04 bits per heavy atom. The maximum Gasteiger partial charge on any atom is 0.309 e. The van der Waals surface area contributed by atoms with E-state index in [9.17, 15) is 9.90 Å². The number of hydrogen-bond acceptors (Lipinski definition) is 3. The van der Waals surface area contributed by atoms with Crippen LogP contribution in [0.2, 0.25) is 0 Å². The average molecular weight is 322 g/mol. The minimum Gasteiger partial charge on any atom is -0.457 e. The number of hydrogen-bond donors (Lipinski definition) is 1. The summed E-state index contributed by atoms with van der Waals surface area (Å²) < 4.78 is 5.93. The van der Waals surface area contributed by atoms with Gasteiger partial charge in [-0.25, -0.2) is 0 Å². The van der Waals surface area contributed by atoms with Gasteiger partial charge in [-0.05, 0) is 56.9 Å². The van der Waals surface area contributed by atoms with E-state index >= 15 is 0 Å². The van der Waals surface area contributed by atoms with Crippen molar-refractivity contribution in [2.24, 2.45) is 23.2 Å². The molecular weight excluding hydrogens is 288 g/mol. The van der Waals surface area contributed by atoms with E-state index in [1.54, 1.807) is 0 Å². The lowest BCUT2D eigenvalue weighted by Crippen LogP contribution is -2.53. The van der Waals surface area contributed by atoms with Gasteiger partial charge >= 0.3 is 5.97 Å². The molecule has 0 bridgehead atoms. The van der Waals surface area contributed by atoms with E-state index in [0.717, 1.165) is 32.1 Å². The van der Waals surface area contributed by atoms with E-state index in [0.29, 0.717) is 5.92 Å². The van der Waals surface area contributed by atoms with Crippen molar-refractivity contribution >= 4 is 5.97 Å². The third-order valence-electron chi connectivity index (χ3n) is 6.60. The summed E-state index contributed by atoms with van der Waals surface area (Å²) in [5, 5.41) is 11.7. The van der Waals surface area contributed by atoms with Crippen LogP contribution in [0.25, 0.3) is 0 Å². The van der Waals surface area contributed by atoms with Gasteiger partial charge in [0, 0.05) is 5.41 Å². The first kappa shape index (κ1) is 18.5. The van der Waals surface area contributed by atoms with Gasteiger partial charge in [0.2, 0.25) is 0 Å². The number of aliphatic hydroxyl groups is 1. The summed E-state index contributed by atoms with van der Waals surface area (Å²) in [7, 11) is 0. The Balaban J connectivity index is 2.36. The Bertz CT molecular complexity index is 481. The van der Waals surface area contributed by atoms with Gasteiger partial charge < -0.3 is 9.84 Å². The average Bonchev–Trinajstić information content (AvgIpc) is 2.72. The van der Waals surface area contributed by atoms with Crippen molar-refractivity contribution < 1.29 is 14.6 Å².